The summed E-state index contributed by atoms with van der Waals surface area (Å²) >= 11 is 0. The van der Waals surface area contributed by atoms with Crippen LogP contribution < -0.4 is 15.9 Å². The molecule has 1 amide bonds. The van der Waals surface area contributed by atoms with Crippen LogP contribution in [-0.4, -0.2) is 55.4 Å². The van der Waals surface area contributed by atoms with E-state index in [0.29, 0.717) is 18.8 Å². The summed E-state index contributed by atoms with van der Waals surface area (Å²) in [6.45, 7) is 8.50. The molecule has 0 aliphatic carbocycles. The lowest BCUT2D eigenvalue weighted by Crippen LogP contribution is -2.27. The maximum absolute atomic E-state index is 12.9. The van der Waals surface area contributed by atoms with E-state index in [1.165, 1.54) is 16.5 Å². The summed E-state index contributed by atoms with van der Waals surface area (Å²) in [5.74, 6) is 0.436. The smallest absolute Gasteiger partial charge is 0.293 e. The van der Waals surface area contributed by atoms with Gasteiger partial charge in [0.1, 0.15) is 12.4 Å². The van der Waals surface area contributed by atoms with Crippen molar-refractivity contribution in [3.05, 3.63) is 76.6 Å². The highest BCUT2D eigenvalue weighted by Gasteiger charge is 2.24. The minimum atomic E-state index is -0.516. The van der Waals surface area contributed by atoms with E-state index in [9.17, 15) is 4.79 Å². The third kappa shape index (κ3) is 6.16. The van der Waals surface area contributed by atoms with Gasteiger partial charge in [-0.1, -0.05) is 43.3 Å². The minimum absolute atomic E-state index is 0.0435. The van der Waals surface area contributed by atoms with Gasteiger partial charge in [-0.2, -0.15) is 9.78 Å². The number of rotatable bonds is 11. The van der Waals surface area contributed by atoms with Crippen LogP contribution in [0.3, 0.4) is 0 Å². The molecule has 0 aliphatic rings. The van der Waals surface area contributed by atoms with Crippen LogP contribution in [0, 0.1) is 6.92 Å². The van der Waals surface area contributed by atoms with Gasteiger partial charge in [0.2, 0.25) is 11.6 Å². The number of hydrazone groups is 1. The summed E-state index contributed by atoms with van der Waals surface area (Å²) in [5.41, 5.74) is 12.0. The van der Waals surface area contributed by atoms with Gasteiger partial charge in [0.25, 0.3) is 5.91 Å². The second-order valence-corrected chi connectivity index (χ2v) is 8.21. The maximum atomic E-state index is 12.9. The first-order valence-electron chi connectivity index (χ1n) is 11.9. The standard InChI is InChI=1S/C25H29N9O3/c1-4-33(5-2)15-21-22(28-32-34(21)24-23(26)30-37-31-24)25(35)29-27-14-18-10-12-20(13-11-18)36-16-19-9-7-6-8-17(19)3/h6-14H,4-5,15-16H2,1-3H3,(H2,26,30)(H,29,35). The quantitative estimate of drug-likeness (QED) is 0.233. The van der Waals surface area contributed by atoms with Crippen LogP contribution in [0.4, 0.5) is 5.82 Å². The molecule has 0 aliphatic heterocycles. The predicted molar refractivity (Wildman–Crippen MR) is 137 cm³/mol. The Labute approximate surface area is 214 Å². The third-order valence-corrected chi connectivity index (χ3v) is 5.86. The van der Waals surface area contributed by atoms with Gasteiger partial charge in [-0.25, -0.2) is 10.1 Å². The number of hydrogen-bond acceptors (Lipinski definition) is 10. The molecule has 2 heterocycles. The first-order valence-corrected chi connectivity index (χ1v) is 11.9. The summed E-state index contributed by atoms with van der Waals surface area (Å²) in [4.78, 5) is 15.0. The number of benzene rings is 2. The zero-order valence-corrected chi connectivity index (χ0v) is 21.0. The summed E-state index contributed by atoms with van der Waals surface area (Å²) < 4.78 is 11.9. The Balaban J connectivity index is 1.42. The summed E-state index contributed by atoms with van der Waals surface area (Å²) in [6.07, 6.45) is 1.54. The largest absolute Gasteiger partial charge is 0.489 e. The Hall–Kier alpha value is -4.58. The molecule has 4 aromatic rings. The maximum Gasteiger partial charge on any atom is 0.293 e. The Morgan fingerprint density at radius 1 is 1.16 bits per heavy atom. The molecule has 2 aromatic heterocycles. The minimum Gasteiger partial charge on any atom is -0.489 e. The van der Waals surface area contributed by atoms with Gasteiger partial charge in [0, 0.05) is 6.54 Å². The van der Waals surface area contributed by atoms with E-state index in [4.69, 9.17) is 10.5 Å². The third-order valence-electron chi connectivity index (χ3n) is 5.86. The number of hydrogen-bond donors (Lipinski definition) is 2. The van der Waals surface area contributed by atoms with Crippen LogP contribution >= 0.6 is 0 Å². The number of carbonyl (C=O) groups excluding carboxylic acids is 1. The monoisotopic (exact) mass is 503 g/mol. The summed E-state index contributed by atoms with van der Waals surface area (Å²) in [6, 6.07) is 15.5. The first kappa shape index (κ1) is 25.5. The average molecular weight is 504 g/mol. The molecule has 12 heteroatoms. The SMILES string of the molecule is CCN(CC)Cc1c(C(=O)NN=Cc2ccc(OCc3ccccc3C)cc2)nnn1-c1nonc1N. The highest BCUT2D eigenvalue weighted by Crippen LogP contribution is 2.18. The highest BCUT2D eigenvalue weighted by molar-refractivity contribution is 5.94. The van der Waals surface area contributed by atoms with E-state index in [-0.39, 0.29) is 17.3 Å². The number of nitrogens with one attached hydrogen (secondary N) is 1. The van der Waals surface area contributed by atoms with Crippen LogP contribution in [0.2, 0.25) is 0 Å². The molecule has 192 valence electrons. The molecule has 0 fully saturated rings. The molecule has 3 N–H and O–H groups in total. The Bertz CT molecular complexity index is 1360. The van der Waals surface area contributed by atoms with E-state index in [1.807, 2.05) is 56.3 Å². The summed E-state index contributed by atoms with van der Waals surface area (Å²) in [7, 11) is 0. The van der Waals surface area contributed by atoms with Crippen molar-refractivity contribution in [2.45, 2.75) is 33.9 Å². The van der Waals surface area contributed by atoms with E-state index in [2.05, 4.69) is 53.7 Å². The molecular formula is C25H29N9O3. The number of nitrogen functional groups attached to an aromatic ring is 1. The van der Waals surface area contributed by atoms with Crippen molar-refractivity contribution in [1.82, 2.24) is 35.6 Å². The fourth-order valence-corrected chi connectivity index (χ4v) is 3.59. The molecule has 0 spiro atoms. The molecule has 0 radical (unpaired) electrons. The van der Waals surface area contributed by atoms with Crippen LogP contribution in [0.5, 0.6) is 5.75 Å². The molecule has 2 aromatic carbocycles. The van der Waals surface area contributed by atoms with Crippen molar-refractivity contribution >= 4 is 17.9 Å². The lowest BCUT2D eigenvalue weighted by Gasteiger charge is -2.18. The van der Waals surface area contributed by atoms with Gasteiger partial charge in [-0.15, -0.1) is 5.10 Å². The second-order valence-electron chi connectivity index (χ2n) is 8.21. The van der Waals surface area contributed by atoms with Crippen molar-refractivity contribution < 1.29 is 14.2 Å². The highest BCUT2D eigenvalue weighted by atomic mass is 16.6. The zero-order valence-electron chi connectivity index (χ0n) is 21.0. The predicted octanol–water partition coefficient (Wildman–Crippen LogP) is 2.73. The molecule has 0 saturated heterocycles. The second kappa shape index (κ2) is 11.9. The average Bonchev–Trinajstić information content (AvgIpc) is 3.52. The number of anilines is 1. The van der Waals surface area contributed by atoms with Crippen molar-refractivity contribution in [3.8, 4) is 11.6 Å². The fraction of sp³-hybridized carbons (Fsp3) is 0.280. The number of nitrogens with two attached hydrogens (primary N) is 1. The van der Waals surface area contributed by atoms with E-state index in [0.717, 1.165) is 30.0 Å². The molecule has 0 saturated carbocycles. The van der Waals surface area contributed by atoms with Crippen LogP contribution in [0.1, 0.15) is 46.7 Å². The van der Waals surface area contributed by atoms with Crippen molar-refractivity contribution in [2.75, 3.05) is 18.8 Å². The molecule has 37 heavy (non-hydrogen) atoms. The first-order chi connectivity index (χ1) is 18.0. The molecular weight excluding hydrogens is 474 g/mol. The van der Waals surface area contributed by atoms with Gasteiger partial charge in [0.15, 0.2) is 5.69 Å². The van der Waals surface area contributed by atoms with E-state index < -0.39 is 5.91 Å². The van der Waals surface area contributed by atoms with E-state index in [1.54, 1.807) is 0 Å². The molecule has 4 rings (SSSR count). The normalized spacial score (nSPS) is 11.4. The van der Waals surface area contributed by atoms with Gasteiger partial charge in [0.05, 0.1) is 11.9 Å². The number of nitrogens with zero attached hydrogens (tertiary/aromatic N) is 7. The van der Waals surface area contributed by atoms with Crippen LogP contribution in [-0.2, 0) is 13.2 Å². The number of carbonyl (C=O) groups is 1. The van der Waals surface area contributed by atoms with Crippen molar-refractivity contribution in [2.24, 2.45) is 5.10 Å². The van der Waals surface area contributed by atoms with Crippen LogP contribution in [0.25, 0.3) is 5.82 Å². The van der Waals surface area contributed by atoms with Crippen molar-refractivity contribution in [1.29, 1.82) is 0 Å². The number of aromatic nitrogens is 5. The molecule has 0 unspecified atom stereocenters. The number of aryl methyl sites for hydroxylation is 1. The number of amides is 1. The fourth-order valence-electron chi connectivity index (χ4n) is 3.59. The number of ether oxygens (including phenoxy) is 1. The Morgan fingerprint density at radius 2 is 1.92 bits per heavy atom. The topological polar surface area (TPSA) is 150 Å². The molecule has 0 bridgehead atoms. The molecule has 0 atom stereocenters. The van der Waals surface area contributed by atoms with Gasteiger partial charge in [-0.05, 0) is 71.3 Å². The lowest BCUT2D eigenvalue weighted by atomic mass is 10.1. The van der Waals surface area contributed by atoms with Crippen LogP contribution in [0.15, 0.2) is 58.3 Å². The van der Waals surface area contributed by atoms with E-state index >= 15 is 0 Å². The Morgan fingerprint density at radius 3 is 2.59 bits per heavy atom. The van der Waals surface area contributed by atoms with Crippen molar-refractivity contribution in [3.63, 3.8) is 0 Å². The molecule has 12 nitrogen and oxygen atoms in total. The van der Waals surface area contributed by atoms with Gasteiger partial charge < -0.3 is 10.5 Å². The van der Waals surface area contributed by atoms with Gasteiger partial charge >= 0.3 is 0 Å². The Kier molecular flexibility index (Phi) is 8.21. The zero-order chi connectivity index (χ0) is 26.2. The summed E-state index contributed by atoms with van der Waals surface area (Å²) in [5, 5.41) is 19.5. The van der Waals surface area contributed by atoms with Gasteiger partial charge in [-0.3, -0.25) is 9.69 Å². The lowest BCUT2D eigenvalue weighted by molar-refractivity contribution is 0.0948.